The van der Waals surface area contributed by atoms with Gasteiger partial charge in [-0.25, -0.2) is 8.42 Å². The SMILES string of the molecule is COc1ccc(S(=O)(=O)Nc2cccc(C(N)=O)c2)cc1OC. The first kappa shape index (κ1) is 16.6. The van der Waals surface area contributed by atoms with Crippen LogP contribution in [0.3, 0.4) is 0 Å². The molecule has 1 amide bonds. The number of rotatable bonds is 6. The van der Waals surface area contributed by atoms with Gasteiger partial charge >= 0.3 is 0 Å². The average Bonchev–Trinajstić information content (AvgIpc) is 2.53. The number of ether oxygens (including phenoxy) is 2. The minimum Gasteiger partial charge on any atom is -0.493 e. The predicted molar refractivity (Wildman–Crippen MR) is 85.3 cm³/mol. The molecule has 0 unspecified atom stereocenters. The number of primary amides is 1. The van der Waals surface area contributed by atoms with E-state index in [4.69, 9.17) is 15.2 Å². The quantitative estimate of drug-likeness (QED) is 0.833. The molecule has 2 aromatic carbocycles. The van der Waals surface area contributed by atoms with Gasteiger partial charge in [0.15, 0.2) is 11.5 Å². The van der Waals surface area contributed by atoms with Crippen LogP contribution in [-0.4, -0.2) is 28.5 Å². The van der Waals surface area contributed by atoms with Crippen LogP contribution in [0.15, 0.2) is 47.4 Å². The lowest BCUT2D eigenvalue weighted by Gasteiger charge is -2.12. The van der Waals surface area contributed by atoms with Gasteiger partial charge in [-0.2, -0.15) is 0 Å². The molecule has 7 nitrogen and oxygen atoms in total. The molecule has 122 valence electrons. The fraction of sp³-hybridized carbons (Fsp3) is 0.133. The van der Waals surface area contributed by atoms with E-state index in [1.54, 1.807) is 0 Å². The summed E-state index contributed by atoms with van der Waals surface area (Å²) in [5.41, 5.74) is 5.62. The summed E-state index contributed by atoms with van der Waals surface area (Å²) in [6.45, 7) is 0. The molecule has 2 rings (SSSR count). The van der Waals surface area contributed by atoms with E-state index in [2.05, 4.69) is 4.72 Å². The third-order valence-corrected chi connectivity index (χ3v) is 4.44. The third kappa shape index (κ3) is 3.72. The minimum atomic E-state index is -3.85. The maximum atomic E-state index is 12.4. The monoisotopic (exact) mass is 336 g/mol. The highest BCUT2D eigenvalue weighted by Crippen LogP contribution is 2.30. The number of methoxy groups -OCH3 is 2. The molecule has 0 fully saturated rings. The van der Waals surface area contributed by atoms with Crippen molar-refractivity contribution in [3.05, 3.63) is 48.0 Å². The van der Waals surface area contributed by atoms with Crippen molar-refractivity contribution in [1.82, 2.24) is 0 Å². The largest absolute Gasteiger partial charge is 0.493 e. The first-order valence-electron chi connectivity index (χ1n) is 6.52. The molecule has 3 N–H and O–H groups in total. The number of nitrogens with one attached hydrogen (secondary N) is 1. The number of anilines is 1. The molecule has 0 aliphatic heterocycles. The minimum absolute atomic E-state index is 0.000344. The Bertz CT molecular complexity index is 834. The molecule has 0 saturated carbocycles. The van der Waals surface area contributed by atoms with Crippen molar-refractivity contribution in [2.75, 3.05) is 18.9 Å². The second kappa shape index (κ2) is 6.57. The number of amides is 1. The second-order valence-electron chi connectivity index (χ2n) is 4.57. The molecule has 0 aliphatic carbocycles. The summed E-state index contributed by atoms with van der Waals surface area (Å²) in [7, 11) is -0.978. The van der Waals surface area contributed by atoms with Crippen molar-refractivity contribution in [1.29, 1.82) is 0 Å². The van der Waals surface area contributed by atoms with Crippen LogP contribution in [-0.2, 0) is 10.0 Å². The van der Waals surface area contributed by atoms with Crippen LogP contribution in [0.25, 0.3) is 0 Å². The number of carbonyl (C=O) groups is 1. The molecular weight excluding hydrogens is 320 g/mol. The number of benzene rings is 2. The van der Waals surface area contributed by atoms with Gasteiger partial charge in [-0.05, 0) is 30.3 Å². The normalized spacial score (nSPS) is 10.9. The fourth-order valence-electron chi connectivity index (χ4n) is 1.93. The van der Waals surface area contributed by atoms with Crippen LogP contribution in [0.1, 0.15) is 10.4 Å². The zero-order valence-electron chi connectivity index (χ0n) is 12.6. The second-order valence-corrected chi connectivity index (χ2v) is 6.25. The van der Waals surface area contributed by atoms with E-state index < -0.39 is 15.9 Å². The van der Waals surface area contributed by atoms with Crippen molar-refractivity contribution in [3.63, 3.8) is 0 Å². The van der Waals surface area contributed by atoms with Crippen molar-refractivity contribution < 1.29 is 22.7 Å². The lowest BCUT2D eigenvalue weighted by atomic mass is 10.2. The summed E-state index contributed by atoms with van der Waals surface area (Å²) in [5, 5.41) is 0. The van der Waals surface area contributed by atoms with Crippen molar-refractivity contribution in [2.24, 2.45) is 5.73 Å². The number of hydrogen-bond donors (Lipinski definition) is 2. The molecule has 0 aromatic heterocycles. The molecule has 0 radical (unpaired) electrons. The van der Waals surface area contributed by atoms with E-state index in [1.165, 1.54) is 56.7 Å². The van der Waals surface area contributed by atoms with Gasteiger partial charge in [-0.15, -0.1) is 0 Å². The van der Waals surface area contributed by atoms with Gasteiger partial charge < -0.3 is 15.2 Å². The van der Waals surface area contributed by atoms with Gasteiger partial charge in [0.25, 0.3) is 10.0 Å². The smallest absolute Gasteiger partial charge is 0.262 e. The van der Waals surface area contributed by atoms with Gasteiger partial charge in [0.1, 0.15) is 0 Å². The Kier molecular flexibility index (Phi) is 4.75. The lowest BCUT2D eigenvalue weighted by molar-refractivity contribution is 0.100. The molecular formula is C15H16N2O5S. The maximum absolute atomic E-state index is 12.4. The highest BCUT2D eigenvalue weighted by Gasteiger charge is 2.17. The molecule has 2 aromatic rings. The van der Waals surface area contributed by atoms with Crippen LogP contribution in [0.2, 0.25) is 0 Å². The van der Waals surface area contributed by atoms with Crippen LogP contribution in [0.4, 0.5) is 5.69 Å². The number of nitrogens with two attached hydrogens (primary N) is 1. The van der Waals surface area contributed by atoms with Crippen molar-refractivity contribution in [3.8, 4) is 11.5 Å². The highest BCUT2D eigenvalue weighted by molar-refractivity contribution is 7.92. The molecule has 0 heterocycles. The van der Waals surface area contributed by atoms with Crippen LogP contribution < -0.4 is 19.9 Å². The van der Waals surface area contributed by atoms with Crippen LogP contribution >= 0.6 is 0 Å². The molecule has 0 bridgehead atoms. The highest BCUT2D eigenvalue weighted by atomic mass is 32.2. The summed E-state index contributed by atoms with van der Waals surface area (Å²) in [6, 6.07) is 10.1. The van der Waals surface area contributed by atoms with Gasteiger partial charge in [0.05, 0.1) is 19.1 Å². The molecule has 0 aliphatic rings. The van der Waals surface area contributed by atoms with E-state index in [0.717, 1.165) is 0 Å². The Morgan fingerprint density at radius 1 is 1.04 bits per heavy atom. The Balaban J connectivity index is 2.35. The summed E-state index contributed by atoms with van der Waals surface area (Å²) in [5.74, 6) is 0.0700. The van der Waals surface area contributed by atoms with E-state index in [9.17, 15) is 13.2 Å². The van der Waals surface area contributed by atoms with Crippen molar-refractivity contribution >= 4 is 21.6 Å². The first-order chi connectivity index (χ1) is 10.9. The molecule has 8 heteroatoms. The number of sulfonamides is 1. The summed E-state index contributed by atoms with van der Waals surface area (Å²) < 4.78 is 37.4. The van der Waals surface area contributed by atoms with Crippen LogP contribution in [0, 0.1) is 0 Å². The fourth-order valence-corrected chi connectivity index (χ4v) is 3.00. The lowest BCUT2D eigenvalue weighted by Crippen LogP contribution is -2.15. The zero-order chi connectivity index (χ0) is 17.0. The standard InChI is InChI=1S/C15H16N2O5S/c1-21-13-7-6-12(9-14(13)22-2)23(19,20)17-11-5-3-4-10(8-11)15(16)18/h3-9,17H,1-2H3,(H2,16,18). The Morgan fingerprint density at radius 3 is 2.35 bits per heavy atom. The van der Waals surface area contributed by atoms with E-state index >= 15 is 0 Å². The van der Waals surface area contributed by atoms with E-state index in [0.29, 0.717) is 11.5 Å². The van der Waals surface area contributed by atoms with Crippen LogP contribution in [0.5, 0.6) is 11.5 Å². The Labute approximate surface area is 134 Å². The van der Waals surface area contributed by atoms with E-state index in [1.807, 2.05) is 0 Å². The summed E-state index contributed by atoms with van der Waals surface area (Å²) in [4.78, 5) is 11.2. The number of hydrogen-bond acceptors (Lipinski definition) is 5. The summed E-state index contributed by atoms with van der Waals surface area (Å²) >= 11 is 0. The summed E-state index contributed by atoms with van der Waals surface area (Å²) in [6.07, 6.45) is 0. The third-order valence-electron chi connectivity index (χ3n) is 3.06. The molecule has 0 saturated heterocycles. The Morgan fingerprint density at radius 2 is 1.74 bits per heavy atom. The van der Waals surface area contributed by atoms with E-state index in [-0.39, 0.29) is 16.1 Å². The predicted octanol–water partition coefficient (Wildman–Crippen LogP) is 1.60. The van der Waals surface area contributed by atoms with Gasteiger partial charge in [0, 0.05) is 17.3 Å². The number of carbonyl (C=O) groups excluding carboxylic acids is 1. The Hall–Kier alpha value is -2.74. The van der Waals surface area contributed by atoms with Crippen molar-refractivity contribution in [2.45, 2.75) is 4.90 Å². The average molecular weight is 336 g/mol. The topological polar surface area (TPSA) is 108 Å². The molecule has 0 atom stereocenters. The van der Waals surface area contributed by atoms with Gasteiger partial charge in [-0.1, -0.05) is 6.07 Å². The molecule has 0 spiro atoms. The maximum Gasteiger partial charge on any atom is 0.262 e. The van der Waals surface area contributed by atoms with Gasteiger partial charge in [0.2, 0.25) is 5.91 Å². The molecule has 23 heavy (non-hydrogen) atoms. The van der Waals surface area contributed by atoms with Gasteiger partial charge in [-0.3, -0.25) is 9.52 Å². The first-order valence-corrected chi connectivity index (χ1v) is 8.00. The zero-order valence-corrected chi connectivity index (χ0v) is 13.4.